The van der Waals surface area contributed by atoms with E-state index in [0.29, 0.717) is 5.92 Å². The van der Waals surface area contributed by atoms with E-state index in [-0.39, 0.29) is 0 Å². The zero-order valence-corrected chi connectivity index (χ0v) is 8.38. The highest BCUT2D eigenvalue weighted by molar-refractivity contribution is 5.15. The first-order valence-electron chi connectivity index (χ1n) is 5.20. The lowest BCUT2D eigenvalue weighted by Gasteiger charge is -2.03. The minimum Gasteiger partial charge on any atom is -0.238 e. The first-order chi connectivity index (χ1) is 6.33. The van der Waals surface area contributed by atoms with Crippen molar-refractivity contribution in [2.75, 3.05) is 0 Å². The molecule has 0 unspecified atom stereocenters. The zero-order valence-electron chi connectivity index (χ0n) is 8.38. The Bertz CT molecular complexity index is 281. The second-order valence-electron chi connectivity index (χ2n) is 3.69. The van der Waals surface area contributed by atoms with Crippen LogP contribution < -0.4 is 0 Å². The Balaban J connectivity index is 2.33. The van der Waals surface area contributed by atoms with Gasteiger partial charge in [0.2, 0.25) is 0 Å². The normalized spacial score (nSPS) is 16.2. The van der Waals surface area contributed by atoms with Crippen LogP contribution in [0.1, 0.15) is 49.8 Å². The third kappa shape index (κ3) is 1.87. The van der Waals surface area contributed by atoms with E-state index in [4.69, 9.17) is 0 Å². The lowest BCUT2D eigenvalue weighted by molar-refractivity contribution is 0.840. The molecule has 1 aliphatic rings. The van der Waals surface area contributed by atoms with E-state index in [9.17, 15) is 0 Å². The summed E-state index contributed by atoms with van der Waals surface area (Å²) in [6.45, 7) is 4.30. The summed E-state index contributed by atoms with van der Waals surface area (Å²) in [7, 11) is 0. The van der Waals surface area contributed by atoms with Crippen LogP contribution in [-0.4, -0.2) is 9.97 Å². The van der Waals surface area contributed by atoms with Crippen LogP contribution in [-0.2, 0) is 12.8 Å². The molecule has 2 nitrogen and oxygen atoms in total. The van der Waals surface area contributed by atoms with E-state index in [1.807, 2.05) is 0 Å². The second-order valence-corrected chi connectivity index (χ2v) is 3.69. The Morgan fingerprint density at radius 3 is 2.08 bits per heavy atom. The summed E-state index contributed by atoms with van der Waals surface area (Å²) < 4.78 is 0. The van der Waals surface area contributed by atoms with Gasteiger partial charge in [-0.1, -0.05) is 13.8 Å². The fourth-order valence-corrected chi connectivity index (χ4v) is 1.46. The van der Waals surface area contributed by atoms with Crippen molar-refractivity contribution in [2.24, 2.45) is 0 Å². The van der Waals surface area contributed by atoms with E-state index in [2.05, 4.69) is 29.9 Å². The van der Waals surface area contributed by atoms with Crippen LogP contribution in [0.25, 0.3) is 0 Å². The zero-order chi connectivity index (χ0) is 9.26. The largest absolute Gasteiger partial charge is 0.238 e. The summed E-state index contributed by atoms with van der Waals surface area (Å²) >= 11 is 0. The number of rotatable bonds is 3. The molecule has 1 aromatic heterocycles. The first kappa shape index (κ1) is 8.67. The molecule has 13 heavy (non-hydrogen) atoms. The van der Waals surface area contributed by atoms with Crippen LogP contribution in [0, 0.1) is 0 Å². The fraction of sp³-hybridized carbons (Fsp3) is 0.636. The van der Waals surface area contributed by atoms with E-state index in [1.54, 1.807) is 0 Å². The molecule has 1 fully saturated rings. The number of hydrogen-bond donors (Lipinski definition) is 0. The predicted molar refractivity (Wildman–Crippen MR) is 52.8 cm³/mol. The van der Waals surface area contributed by atoms with Gasteiger partial charge in [-0.25, -0.2) is 9.97 Å². The van der Waals surface area contributed by atoms with E-state index in [1.165, 1.54) is 24.2 Å². The van der Waals surface area contributed by atoms with Crippen LogP contribution >= 0.6 is 0 Å². The quantitative estimate of drug-likeness (QED) is 0.707. The molecule has 1 saturated carbocycles. The molecule has 70 valence electrons. The highest BCUT2D eigenvalue weighted by Crippen LogP contribution is 2.38. The van der Waals surface area contributed by atoms with Gasteiger partial charge in [0.05, 0.1) is 0 Å². The lowest BCUT2D eigenvalue weighted by atomic mass is 10.2. The maximum Gasteiger partial charge on any atom is 0.131 e. The number of aromatic nitrogens is 2. The molecule has 0 aliphatic heterocycles. The van der Waals surface area contributed by atoms with Gasteiger partial charge in [-0.2, -0.15) is 0 Å². The average molecular weight is 176 g/mol. The average Bonchev–Trinajstić information content (AvgIpc) is 3.00. The summed E-state index contributed by atoms with van der Waals surface area (Å²) in [6, 6.07) is 2.13. The van der Waals surface area contributed by atoms with Crippen LogP contribution in [0.5, 0.6) is 0 Å². The smallest absolute Gasteiger partial charge is 0.131 e. The van der Waals surface area contributed by atoms with Crippen molar-refractivity contribution >= 4 is 0 Å². The Morgan fingerprint density at radius 2 is 1.69 bits per heavy atom. The topological polar surface area (TPSA) is 25.8 Å². The minimum absolute atomic E-state index is 0.678. The molecular formula is C11H16N2. The molecule has 0 radical (unpaired) electrons. The van der Waals surface area contributed by atoms with Gasteiger partial charge in [0.15, 0.2) is 0 Å². The van der Waals surface area contributed by atoms with E-state index < -0.39 is 0 Å². The molecule has 1 aliphatic carbocycles. The van der Waals surface area contributed by atoms with Crippen LogP contribution in [0.2, 0.25) is 0 Å². The highest BCUT2D eigenvalue weighted by atomic mass is 14.9. The first-order valence-corrected chi connectivity index (χ1v) is 5.20. The molecular weight excluding hydrogens is 160 g/mol. The van der Waals surface area contributed by atoms with Crippen molar-refractivity contribution in [3.8, 4) is 0 Å². The molecule has 0 spiro atoms. The molecule has 0 N–H and O–H groups in total. The standard InChI is InChI=1S/C11H16N2/c1-3-9-7-10(4-2)13-11(12-9)8-5-6-8/h7-8H,3-6H2,1-2H3. The summed E-state index contributed by atoms with van der Waals surface area (Å²) in [5.41, 5.74) is 2.41. The second kappa shape index (κ2) is 3.44. The van der Waals surface area contributed by atoms with Gasteiger partial charge in [-0.05, 0) is 31.7 Å². The maximum absolute atomic E-state index is 4.55. The Kier molecular flexibility index (Phi) is 2.30. The summed E-state index contributed by atoms with van der Waals surface area (Å²) in [6.07, 6.45) is 4.62. The van der Waals surface area contributed by atoms with Gasteiger partial charge in [0.1, 0.15) is 5.82 Å². The monoisotopic (exact) mass is 176 g/mol. The Labute approximate surface area is 79.4 Å². The third-order valence-electron chi connectivity index (χ3n) is 2.52. The van der Waals surface area contributed by atoms with Crippen molar-refractivity contribution in [3.05, 3.63) is 23.3 Å². The summed E-state index contributed by atoms with van der Waals surface area (Å²) in [5.74, 6) is 1.77. The Morgan fingerprint density at radius 1 is 1.15 bits per heavy atom. The predicted octanol–water partition coefficient (Wildman–Crippen LogP) is 2.48. The van der Waals surface area contributed by atoms with Crippen LogP contribution in [0.15, 0.2) is 6.07 Å². The van der Waals surface area contributed by atoms with Crippen molar-refractivity contribution in [2.45, 2.75) is 45.4 Å². The van der Waals surface area contributed by atoms with Gasteiger partial charge in [0, 0.05) is 17.3 Å². The summed E-state index contributed by atoms with van der Waals surface area (Å²) in [5, 5.41) is 0. The van der Waals surface area contributed by atoms with E-state index >= 15 is 0 Å². The molecule has 0 atom stereocenters. The highest BCUT2D eigenvalue weighted by Gasteiger charge is 2.26. The number of aryl methyl sites for hydroxylation is 2. The third-order valence-corrected chi connectivity index (χ3v) is 2.52. The Hall–Kier alpha value is -0.920. The summed E-state index contributed by atoms with van der Waals surface area (Å²) in [4.78, 5) is 9.10. The molecule has 2 heteroatoms. The molecule has 0 bridgehead atoms. The number of hydrogen-bond acceptors (Lipinski definition) is 2. The van der Waals surface area contributed by atoms with Crippen LogP contribution in [0.3, 0.4) is 0 Å². The van der Waals surface area contributed by atoms with Gasteiger partial charge < -0.3 is 0 Å². The van der Waals surface area contributed by atoms with Gasteiger partial charge in [-0.3, -0.25) is 0 Å². The molecule has 1 aromatic rings. The molecule has 2 rings (SSSR count). The van der Waals surface area contributed by atoms with Crippen molar-refractivity contribution in [3.63, 3.8) is 0 Å². The van der Waals surface area contributed by atoms with Crippen molar-refractivity contribution in [1.82, 2.24) is 9.97 Å². The molecule has 1 heterocycles. The fourth-order valence-electron chi connectivity index (χ4n) is 1.46. The molecule has 0 aromatic carbocycles. The maximum atomic E-state index is 4.55. The molecule has 0 saturated heterocycles. The molecule has 0 amide bonds. The number of nitrogens with zero attached hydrogens (tertiary/aromatic N) is 2. The lowest BCUT2D eigenvalue weighted by Crippen LogP contribution is -2.01. The van der Waals surface area contributed by atoms with Crippen molar-refractivity contribution in [1.29, 1.82) is 0 Å². The minimum atomic E-state index is 0.678. The van der Waals surface area contributed by atoms with Gasteiger partial charge >= 0.3 is 0 Å². The van der Waals surface area contributed by atoms with Crippen LogP contribution in [0.4, 0.5) is 0 Å². The van der Waals surface area contributed by atoms with Gasteiger partial charge in [-0.15, -0.1) is 0 Å². The van der Waals surface area contributed by atoms with Gasteiger partial charge in [0.25, 0.3) is 0 Å². The van der Waals surface area contributed by atoms with E-state index in [0.717, 1.165) is 18.7 Å². The SMILES string of the molecule is CCc1cc(CC)nc(C2CC2)n1. The van der Waals surface area contributed by atoms with Crippen molar-refractivity contribution < 1.29 is 0 Å².